The third-order valence-electron chi connectivity index (χ3n) is 4.36. The maximum absolute atomic E-state index is 15.2. The molecule has 1 aliphatic rings. The smallest absolute Gasteiger partial charge is 0.197 e. The summed E-state index contributed by atoms with van der Waals surface area (Å²) in [7, 11) is 0. The lowest BCUT2D eigenvalue weighted by atomic mass is 10.2. The first-order chi connectivity index (χ1) is 13.2. The van der Waals surface area contributed by atoms with E-state index in [4.69, 9.17) is 19.9 Å². The lowest BCUT2D eigenvalue weighted by Crippen LogP contribution is -2.31. The van der Waals surface area contributed by atoms with Crippen molar-refractivity contribution in [1.29, 1.82) is 0 Å². The number of ether oxygens (including phenoxy) is 3. The second-order valence-electron chi connectivity index (χ2n) is 6.43. The topological polar surface area (TPSA) is 96.8 Å². The number of aromatic nitrogens is 4. The van der Waals surface area contributed by atoms with E-state index in [9.17, 15) is 0 Å². The van der Waals surface area contributed by atoms with Crippen LogP contribution < -0.4 is 5.73 Å². The fraction of sp³-hybridized carbons (Fsp3) is 0.611. The standard InChI is InChI=1S/C18H26FN5O3/c1-3-5-7-25-10-13-16(26-8-6-4-2)14(19)15(27-13)12-9-21-18-17(20)22-11-23-24(12)18/h9,11,13,16H,3-8,10H2,1-2H3,(H2,20,22,23)/t13-,16-/m1/s1. The summed E-state index contributed by atoms with van der Waals surface area (Å²) in [6.45, 7) is 5.46. The van der Waals surface area contributed by atoms with E-state index < -0.39 is 18.0 Å². The molecule has 0 bridgehead atoms. The fourth-order valence-corrected chi connectivity index (χ4v) is 2.84. The van der Waals surface area contributed by atoms with Crippen LogP contribution in [0.1, 0.15) is 45.2 Å². The van der Waals surface area contributed by atoms with Crippen molar-refractivity contribution in [1.82, 2.24) is 19.6 Å². The minimum atomic E-state index is -0.807. The van der Waals surface area contributed by atoms with Crippen molar-refractivity contribution < 1.29 is 18.6 Å². The molecule has 1 aliphatic heterocycles. The summed E-state index contributed by atoms with van der Waals surface area (Å²) in [5, 5.41) is 4.10. The number of fused-ring (bicyclic) bond motifs is 1. The number of unbranched alkanes of at least 4 members (excludes halogenated alkanes) is 2. The highest BCUT2D eigenvalue weighted by atomic mass is 19.1. The molecule has 3 rings (SSSR count). The third-order valence-corrected chi connectivity index (χ3v) is 4.36. The van der Waals surface area contributed by atoms with E-state index in [1.54, 1.807) is 0 Å². The highest BCUT2D eigenvalue weighted by Crippen LogP contribution is 2.36. The molecule has 3 heterocycles. The number of anilines is 1. The number of nitrogens with zero attached hydrogens (tertiary/aromatic N) is 4. The predicted octanol–water partition coefficient (Wildman–Crippen LogP) is 2.75. The molecular weight excluding hydrogens is 353 g/mol. The van der Waals surface area contributed by atoms with Crippen LogP contribution in [0.5, 0.6) is 0 Å². The van der Waals surface area contributed by atoms with Crippen LogP contribution in [0, 0.1) is 0 Å². The Labute approximate surface area is 157 Å². The monoisotopic (exact) mass is 379 g/mol. The van der Waals surface area contributed by atoms with E-state index in [1.165, 1.54) is 17.0 Å². The van der Waals surface area contributed by atoms with Gasteiger partial charge >= 0.3 is 0 Å². The first-order valence-corrected chi connectivity index (χ1v) is 9.37. The van der Waals surface area contributed by atoms with E-state index >= 15 is 4.39 Å². The molecule has 0 fully saturated rings. The SMILES string of the molecule is CCCCOC[C@H]1OC(c2cnc3c(N)ncnn23)=C(F)[C@@H]1OCCCC. The van der Waals surface area contributed by atoms with Crippen LogP contribution in [0.2, 0.25) is 0 Å². The average Bonchev–Trinajstić information content (AvgIpc) is 3.22. The lowest BCUT2D eigenvalue weighted by molar-refractivity contribution is -0.0441. The Morgan fingerprint density at radius 2 is 2.00 bits per heavy atom. The third kappa shape index (κ3) is 4.19. The van der Waals surface area contributed by atoms with Gasteiger partial charge in [-0.15, -0.1) is 0 Å². The Kier molecular flexibility index (Phi) is 6.57. The van der Waals surface area contributed by atoms with Gasteiger partial charge in [0.2, 0.25) is 0 Å². The number of rotatable bonds is 10. The van der Waals surface area contributed by atoms with Gasteiger partial charge in [0.05, 0.1) is 12.8 Å². The van der Waals surface area contributed by atoms with Crippen LogP contribution in [-0.2, 0) is 14.2 Å². The Balaban J connectivity index is 1.83. The Bertz CT molecular complexity index is 794. The summed E-state index contributed by atoms with van der Waals surface area (Å²) >= 11 is 0. The van der Waals surface area contributed by atoms with Gasteiger partial charge in [-0.2, -0.15) is 5.10 Å². The van der Waals surface area contributed by atoms with Crippen molar-refractivity contribution >= 4 is 17.2 Å². The summed E-state index contributed by atoms with van der Waals surface area (Å²) in [4.78, 5) is 8.06. The molecule has 2 N–H and O–H groups in total. The second-order valence-corrected chi connectivity index (χ2v) is 6.43. The summed E-state index contributed by atoms with van der Waals surface area (Å²) in [5.41, 5.74) is 6.52. The molecule has 2 aromatic heterocycles. The molecular formula is C18H26FN5O3. The minimum absolute atomic E-state index is 0.0613. The highest BCUT2D eigenvalue weighted by Gasteiger charge is 2.40. The zero-order valence-corrected chi connectivity index (χ0v) is 15.7. The van der Waals surface area contributed by atoms with E-state index in [2.05, 4.69) is 28.9 Å². The first-order valence-electron chi connectivity index (χ1n) is 9.37. The molecule has 0 amide bonds. The lowest BCUT2D eigenvalue weighted by Gasteiger charge is -2.19. The maximum Gasteiger partial charge on any atom is 0.197 e. The van der Waals surface area contributed by atoms with Gasteiger partial charge in [-0.1, -0.05) is 26.7 Å². The van der Waals surface area contributed by atoms with Gasteiger partial charge in [-0.05, 0) is 12.8 Å². The molecule has 9 heteroatoms. The molecule has 8 nitrogen and oxygen atoms in total. The van der Waals surface area contributed by atoms with Crippen LogP contribution in [0.25, 0.3) is 11.4 Å². The van der Waals surface area contributed by atoms with Crippen molar-refractivity contribution in [2.75, 3.05) is 25.6 Å². The van der Waals surface area contributed by atoms with E-state index in [-0.39, 0.29) is 18.2 Å². The fourth-order valence-electron chi connectivity index (χ4n) is 2.84. The Morgan fingerprint density at radius 3 is 2.78 bits per heavy atom. The normalized spacial score (nSPS) is 19.8. The van der Waals surface area contributed by atoms with E-state index in [0.29, 0.717) is 24.6 Å². The molecule has 27 heavy (non-hydrogen) atoms. The Hall–Kier alpha value is -2.26. The van der Waals surface area contributed by atoms with Gasteiger partial charge in [-0.25, -0.2) is 18.9 Å². The Morgan fingerprint density at radius 1 is 1.22 bits per heavy atom. The average molecular weight is 379 g/mol. The maximum atomic E-state index is 15.2. The number of nitrogen functional groups attached to an aromatic ring is 1. The molecule has 148 valence electrons. The van der Waals surface area contributed by atoms with Crippen LogP contribution >= 0.6 is 0 Å². The number of hydrogen-bond donors (Lipinski definition) is 1. The number of nitrogens with two attached hydrogens (primary N) is 1. The summed E-state index contributed by atoms with van der Waals surface area (Å²) < 4.78 is 33.9. The number of hydrogen-bond acceptors (Lipinski definition) is 7. The van der Waals surface area contributed by atoms with Crippen LogP contribution in [0.4, 0.5) is 10.2 Å². The molecule has 2 atom stereocenters. The van der Waals surface area contributed by atoms with Gasteiger partial charge in [-0.3, -0.25) is 0 Å². The molecule has 2 aromatic rings. The van der Waals surface area contributed by atoms with E-state index in [1.807, 2.05) is 0 Å². The van der Waals surface area contributed by atoms with Crippen LogP contribution in [-0.4, -0.2) is 51.6 Å². The molecule has 0 saturated carbocycles. The van der Waals surface area contributed by atoms with Crippen molar-refractivity contribution in [3.05, 3.63) is 24.0 Å². The van der Waals surface area contributed by atoms with Crippen molar-refractivity contribution in [2.45, 2.75) is 51.7 Å². The van der Waals surface area contributed by atoms with Crippen molar-refractivity contribution in [2.24, 2.45) is 0 Å². The molecule has 0 spiro atoms. The summed E-state index contributed by atoms with van der Waals surface area (Å²) in [5.74, 6) is -0.203. The number of imidazole rings is 1. The van der Waals surface area contributed by atoms with Gasteiger partial charge in [0.15, 0.2) is 35.3 Å². The summed E-state index contributed by atoms with van der Waals surface area (Å²) in [6.07, 6.45) is 5.19. The van der Waals surface area contributed by atoms with Gasteiger partial charge < -0.3 is 19.9 Å². The largest absolute Gasteiger partial charge is 0.480 e. The summed E-state index contributed by atoms with van der Waals surface area (Å²) in [6, 6.07) is 0. The van der Waals surface area contributed by atoms with Gasteiger partial charge in [0.25, 0.3) is 0 Å². The first kappa shape index (κ1) is 19.5. The van der Waals surface area contributed by atoms with Crippen molar-refractivity contribution in [3.8, 4) is 0 Å². The predicted molar refractivity (Wildman–Crippen MR) is 98.5 cm³/mol. The van der Waals surface area contributed by atoms with Crippen LogP contribution in [0.15, 0.2) is 18.4 Å². The van der Waals surface area contributed by atoms with Crippen molar-refractivity contribution in [3.63, 3.8) is 0 Å². The molecule has 0 radical (unpaired) electrons. The van der Waals surface area contributed by atoms with Gasteiger partial charge in [0.1, 0.15) is 12.0 Å². The van der Waals surface area contributed by atoms with E-state index in [0.717, 1.165) is 25.7 Å². The van der Waals surface area contributed by atoms with Gasteiger partial charge in [0, 0.05) is 13.2 Å². The highest BCUT2D eigenvalue weighted by molar-refractivity contribution is 5.68. The number of halogens is 1. The quantitative estimate of drug-likeness (QED) is 0.634. The molecule has 0 aromatic carbocycles. The molecule has 0 aliphatic carbocycles. The second kappa shape index (κ2) is 9.09. The zero-order chi connectivity index (χ0) is 19.2. The minimum Gasteiger partial charge on any atom is -0.480 e. The molecule has 0 saturated heterocycles. The molecule has 0 unspecified atom stereocenters. The zero-order valence-electron chi connectivity index (χ0n) is 15.7. The van der Waals surface area contributed by atoms with Crippen LogP contribution in [0.3, 0.4) is 0 Å².